The van der Waals surface area contributed by atoms with Crippen LogP contribution in [0.25, 0.3) is 5.57 Å². The lowest BCUT2D eigenvalue weighted by Gasteiger charge is -2.13. The largest absolute Gasteiger partial charge is 0.287 e. The zero-order valence-electron chi connectivity index (χ0n) is 8.94. The highest BCUT2D eigenvalue weighted by atomic mass is 127. The first-order chi connectivity index (χ1) is 7.74. The van der Waals surface area contributed by atoms with Crippen LogP contribution in [0.2, 0.25) is 0 Å². The third-order valence-corrected chi connectivity index (χ3v) is 4.83. The summed E-state index contributed by atoms with van der Waals surface area (Å²) in [5.74, 6) is 0. The van der Waals surface area contributed by atoms with Crippen LogP contribution in [-0.4, -0.2) is 27.0 Å². The van der Waals surface area contributed by atoms with Crippen molar-refractivity contribution in [2.24, 2.45) is 0 Å². The third-order valence-electron chi connectivity index (χ3n) is 2.27. The Balaban J connectivity index is 2.29. The second-order valence-electron chi connectivity index (χ2n) is 3.32. The number of nitrogens with zero attached hydrogens (tertiary/aromatic N) is 3. The zero-order chi connectivity index (χ0) is 11.5. The van der Waals surface area contributed by atoms with Gasteiger partial charge < -0.3 is 0 Å². The van der Waals surface area contributed by atoms with E-state index in [0.29, 0.717) is 12.4 Å². The van der Waals surface area contributed by atoms with Crippen LogP contribution in [0.1, 0.15) is 12.6 Å². The lowest BCUT2D eigenvalue weighted by molar-refractivity contribution is 0.461. The highest BCUT2D eigenvalue weighted by molar-refractivity contribution is 14.2. The van der Waals surface area contributed by atoms with Crippen molar-refractivity contribution < 1.29 is 0 Å². The number of rotatable bonds is 3. The lowest BCUT2D eigenvalue weighted by Crippen LogP contribution is -2.27. The van der Waals surface area contributed by atoms with Crippen LogP contribution in [0.3, 0.4) is 0 Å². The van der Waals surface area contributed by atoms with E-state index in [2.05, 4.69) is 55.3 Å². The minimum atomic E-state index is 0.312. The SMILES string of the molecule is CSc1nccc(C2=CN(PI)NC2C)n1. The molecule has 7 heteroatoms. The molecule has 86 valence electrons. The lowest BCUT2D eigenvalue weighted by atomic mass is 10.1. The first-order valence-corrected chi connectivity index (χ1v) is 10.0. The van der Waals surface area contributed by atoms with Gasteiger partial charge in [-0.3, -0.25) is 4.78 Å². The van der Waals surface area contributed by atoms with Gasteiger partial charge in [-0.05, 0) is 41.3 Å². The van der Waals surface area contributed by atoms with Gasteiger partial charge in [0.1, 0.15) is 0 Å². The molecule has 1 aromatic rings. The molecule has 0 aliphatic carbocycles. The normalized spacial score (nSPS) is 20.8. The summed E-state index contributed by atoms with van der Waals surface area (Å²) in [4.78, 5) is 8.69. The Morgan fingerprint density at radius 3 is 3.06 bits per heavy atom. The van der Waals surface area contributed by atoms with Crippen LogP contribution in [0.15, 0.2) is 23.6 Å². The van der Waals surface area contributed by atoms with Crippen molar-refractivity contribution in [2.45, 2.75) is 18.1 Å². The fraction of sp³-hybridized carbons (Fsp3) is 0.333. The molecule has 2 heterocycles. The van der Waals surface area contributed by atoms with Gasteiger partial charge in [0.05, 0.1) is 18.1 Å². The molecule has 1 N–H and O–H groups in total. The summed E-state index contributed by atoms with van der Waals surface area (Å²) in [7, 11) is 0. The summed E-state index contributed by atoms with van der Waals surface area (Å²) in [6, 6.07) is 2.27. The molecule has 0 saturated heterocycles. The Bertz CT molecular complexity index is 414. The molecule has 0 amide bonds. The fourth-order valence-electron chi connectivity index (χ4n) is 1.50. The number of hydrogen-bond acceptors (Lipinski definition) is 5. The quantitative estimate of drug-likeness (QED) is 0.386. The number of aromatic nitrogens is 2. The van der Waals surface area contributed by atoms with Crippen LogP contribution in [-0.2, 0) is 0 Å². The van der Waals surface area contributed by atoms with Gasteiger partial charge in [-0.1, -0.05) is 11.8 Å². The van der Waals surface area contributed by atoms with Gasteiger partial charge in [-0.15, -0.1) is 0 Å². The van der Waals surface area contributed by atoms with Crippen molar-refractivity contribution in [1.82, 2.24) is 20.2 Å². The van der Waals surface area contributed by atoms with Gasteiger partial charge in [0.25, 0.3) is 0 Å². The molecule has 2 unspecified atom stereocenters. The molecule has 0 spiro atoms. The first kappa shape index (κ1) is 12.5. The molecule has 0 saturated carbocycles. The Hall–Kier alpha value is 0.0900. The Kier molecular flexibility index (Phi) is 4.41. The average molecular weight is 366 g/mol. The van der Waals surface area contributed by atoms with Gasteiger partial charge in [0, 0.05) is 18.0 Å². The predicted molar refractivity (Wildman–Crippen MR) is 78.6 cm³/mol. The van der Waals surface area contributed by atoms with Crippen LogP contribution in [0.4, 0.5) is 0 Å². The minimum Gasteiger partial charge on any atom is -0.287 e. The van der Waals surface area contributed by atoms with Crippen molar-refractivity contribution in [3.63, 3.8) is 0 Å². The van der Waals surface area contributed by atoms with Crippen molar-refractivity contribution in [2.75, 3.05) is 6.26 Å². The second-order valence-corrected chi connectivity index (χ2v) is 6.19. The highest BCUT2D eigenvalue weighted by Crippen LogP contribution is 2.33. The van der Waals surface area contributed by atoms with Gasteiger partial charge in [-0.2, -0.15) is 0 Å². The molecule has 0 aromatic carbocycles. The van der Waals surface area contributed by atoms with E-state index < -0.39 is 0 Å². The van der Waals surface area contributed by atoms with Crippen molar-refractivity contribution in [3.05, 3.63) is 24.2 Å². The van der Waals surface area contributed by atoms with Gasteiger partial charge in [-0.25, -0.2) is 15.4 Å². The van der Waals surface area contributed by atoms with E-state index >= 15 is 0 Å². The smallest absolute Gasteiger partial charge is 0.187 e. The van der Waals surface area contributed by atoms with Crippen LogP contribution in [0.5, 0.6) is 0 Å². The summed E-state index contributed by atoms with van der Waals surface area (Å²) in [5.41, 5.74) is 5.60. The maximum Gasteiger partial charge on any atom is 0.187 e. The van der Waals surface area contributed by atoms with E-state index in [0.717, 1.165) is 10.9 Å². The predicted octanol–water partition coefficient (Wildman–Crippen LogP) is 2.69. The molecular weight excluding hydrogens is 354 g/mol. The van der Waals surface area contributed by atoms with Crippen LogP contribution >= 0.6 is 40.2 Å². The second kappa shape index (κ2) is 5.62. The van der Waals surface area contributed by atoms with Gasteiger partial charge in [0.15, 0.2) is 5.16 Å². The Morgan fingerprint density at radius 2 is 2.44 bits per heavy atom. The monoisotopic (exact) mass is 366 g/mol. The summed E-state index contributed by atoms with van der Waals surface area (Å²) >= 11 is 3.92. The van der Waals surface area contributed by atoms with Gasteiger partial charge >= 0.3 is 0 Å². The van der Waals surface area contributed by atoms with Crippen molar-refractivity contribution in [1.29, 1.82) is 0 Å². The Morgan fingerprint density at radius 1 is 1.62 bits per heavy atom. The molecule has 1 aliphatic rings. The molecule has 4 nitrogen and oxygen atoms in total. The van der Waals surface area contributed by atoms with E-state index in [1.807, 2.05) is 18.5 Å². The van der Waals surface area contributed by atoms with E-state index in [1.165, 1.54) is 5.57 Å². The summed E-state index contributed by atoms with van der Waals surface area (Å²) < 4.78 is 2.10. The van der Waals surface area contributed by atoms with Crippen LogP contribution in [0, 0.1) is 0 Å². The number of nitrogens with one attached hydrogen (secondary N) is 1. The number of hydrazine groups is 1. The molecule has 0 fully saturated rings. The van der Waals surface area contributed by atoms with E-state index in [-0.39, 0.29) is 0 Å². The van der Waals surface area contributed by atoms with E-state index in [1.54, 1.807) is 11.8 Å². The molecule has 0 radical (unpaired) electrons. The van der Waals surface area contributed by atoms with Gasteiger partial charge in [0.2, 0.25) is 0 Å². The molecule has 2 rings (SSSR count). The number of hydrogen-bond donors (Lipinski definition) is 1. The topological polar surface area (TPSA) is 41.1 Å². The van der Waals surface area contributed by atoms with Crippen molar-refractivity contribution >= 4 is 45.7 Å². The maximum atomic E-state index is 4.51. The molecule has 16 heavy (non-hydrogen) atoms. The molecule has 1 aliphatic heterocycles. The first-order valence-electron chi connectivity index (χ1n) is 4.75. The standard InChI is InChI=1S/C9H12IN4PS/c1-6-7(5-14(13-6)15-10)8-3-4-11-9(12-8)16-2/h3-6,13,15H,1-2H3. The highest BCUT2D eigenvalue weighted by Gasteiger charge is 2.21. The zero-order valence-corrected chi connectivity index (χ0v) is 12.9. The maximum absolute atomic E-state index is 4.51. The Labute approximate surface area is 114 Å². The molecule has 2 atom stereocenters. The number of thioether (sulfide) groups is 1. The minimum absolute atomic E-state index is 0.312. The summed E-state index contributed by atoms with van der Waals surface area (Å²) in [6.07, 6.45) is 6.62. The fourth-order valence-corrected chi connectivity index (χ4v) is 3.12. The van der Waals surface area contributed by atoms with Crippen LogP contribution < -0.4 is 5.43 Å². The van der Waals surface area contributed by atoms with E-state index in [9.17, 15) is 0 Å². The van der Waals surface area contributed by atoms with E-state index in [4.69, 9.17) is 0 Å². The number of halogens is 1. The van der Waals surface area contributed by atoms with Crippen molar-refractivity contribution in [3.8, 4) is 0 Å². The third kappa shape index (κ3) is 2.67. The molecular formula is C9H12IN4PS. The summed E-state index contributed by atoms with van der Waals surface area (Å²) in [5, 5.41) is 0.820. The summed E-state index contributed by atoms with van der Waals surface area (Å²) in [6.45, 7) is 2.14. The molecule has 0 bridgehead atoms. The average Bonchev–Trinajstić information content (AvgIpc) is 2.71. The molecule has 1 aromatic heterocycles.